The minimum atomic E-state index is -0.488. The zero-order valence-corrected chi connectivity index (χ0v) is 18.0. The topological polar surface area (TPSA) is 70.6 Å². The van der Waals surface area contributed by atoms with Crippen molar-refractivity contribution in [3.63, 3.8) is 0 Å². The van der Waals surface area contributed by atoms with Crippen molar-refractivity contribution < 1.29 is 9.59 Å². The number of amides is 2. The van der Waals surface area contributed by atoms with E-state index >= 15 is 0 Å². The number of hydrogen-bond acceptors (Lipinski definition) is 3. The minimum absolute atomic E-state index is 0.0925. The Balaban J connectivity index is 1.59. The van der Waals surface area contributed by atoms with Gasteiger partial charge in [-0.1, -0.05) is 84.4 Å². The first-order valence-electron chi connectivity index (χ1n) is 9.97. The lowest BCUT2D eigenvalue weighted by molar-refractivity contribution is -0.122. The molecule has 0 aliphatic rings. The van der Waals surface area contributed by atoms with Crippen LogP contribution in [0.2, 0.25) is 5.02 Å². The van der Waals surface area contributed by atoms with Gasteiger partial charge in [-0.3, -0.25) is 9.59 Å². The molecule has 0 saturated heterocycles. The van der Waals surface area contributed by atoms with Crippen LogP contribution >= 0.6 is 11.6 Å². The number of carbonyl (C=O) groups is 2. The second-order valence-corrected chi connectivity index (χ2v) is 7.59. The number of nitrogens with zero attached hydrogens (tertiary/aromatic N) is 1. The molecule has 0 radical (unpaired) electrons. The zero-order chi connectivity index (χ0) is 22.1. The average molecular weight is 434 g/mol. The number of hydrazone groups is 1. The van der Waals surface area contributed by atoms with Gasteiger partial charge >= 0.3 is 0 Å². The van der Waals surface area contributed by atoms with Gasteiger partial charge in [0.15, 0.2) is 0 Å². The van der Waals surface area contributed by atoms with Crippen molar-refractivity contribution in [3.8, 4) is 0 Å². The van der Waals surface area contributed by atoms with Crippen LogP contribution in [0.4, 0.5) is 0 Å². The van der Waals surface area contributed by atoms with E-state index in [1.54, 1.807) is 19.1 Å². The summed E-state index contributed by atoms with van der Waals surface area (Å²) in [5.41, 5.74) is 5.84. The Morgan fingerprint density at radius 3 is 1.97 bits per heavy atom. The minimum Gasteiger partial charge on any atom is -0.352 e. The summed E-state index contributed by atoms with van der Waals surface area (Å²) in [4.78, 5) is 25.1. The van der Waals surface area contributed by atoms with Crippen LogP contribution in [0.5, 0.6) is 0 Å². The molecule has 2 amide bonds. The summed E-state index contributed by atoms with van der Waals surface area (Å²) >= 11 is 5.87. The standard InChI is InChI=1S/C25H24ClN3O2/c1-18(16-23(30)27-17-19-12-14-22(26)15-13-19)28-29-25(31)24(20-8-4-2-5-9-20)21-10-6-3-7-11-21/h2-15,24H,16-17H2,1H3,(H,27,30)(H,29,31). The monoisotopic (exact) mass is 433 g/mol. The predicted octanol–water partition coefficient (Wildman–Crippen LogP) is 4.67. The molecule has 0 spiro atoms. The number of benzene rings is 3. The van der Waals surface area contributed by atoms with Gasteiger partial charge in [-0.15, -0.1) is 0 Å². The van der Waals surface area contributed by atoms with E-state index < -0.39 is 5.92 Å². The maximum absolute atomic E-state index is 12.9. The Hall–Kier alpha value is -3.44. The van der Waals surface area contributed by atoms with Gasteiger partial charge < -0.3 is 5.32 Å². The quantitative estimate of drug-likeness (QED) is 0.400. The van der Waals surface area contributed by atoms with Crippen LogP contribution in [0, 0.1) is 0 Å². The molecule has 0 aliphatic heterocycles. The van der Waals surface area contributed by atoms with Crippen molar-refractivity contribution in [1.29, 1.82) is 0 Å². The van der Waals surface area contributed by atoms with E-state index in [4.69, 9.17) is 11.6 Å². The van der Waals surface area contributed by atoms with Crippen molar-refractivity contribution in [2.75, 3.05) is 0 Å². The molecule has 3 aromatic rings. The van der Waals surface area contributed by atoms with E-state index in [1.165, 1.54) is 0 Å². The summed E-state index contributed by atoms with van der Waals surface area (Å²) in [6.45, 7) is 2.11. The van der Waals surface area contributed by atoms with Crippen LogP contribution in [0.15, 0.2) is 90.0 Å². The fourth-order valence-electron chi connectivity index (χ4n) is 3.14. The van der Waals surface area contributed by atoms with Crippen molar-refractivity contribution in [1.82, 2.24) is 10.7 Å². The third-order valence-corrected chi connectivity index (χ3v) is 4.96. The Morgan fingerprint density at radius 2 is 1.42 bits per heavy atom. The van der Waals surface area contributed by atoms with Crippen LogP contribution in [-0.4, -0.2) is 17.5 Å². The normalized spacial score (nSPS) is 11.3. The molecule has 0 heterocycles. The molecule has 0 aliphatic carbocycles. The van der Waals surface area contributed by atoms with Crippen LogP contribution < -0.4 is 10.7 Å². The van der Waals surface area contributed by atoms with Crippen LogP contribution in [0.1, 0.15) is 36.0 Å². The summed E-state index contributed by atoms with van der Waals surface area (Å²) in [6, 6.07) is 26.4. The van der Waals surface area contributed by atoms with Crippen molar-refractivity contribution >= 4 is 29.1 Å². The van der Waals surface area contributed by atoms with E-state index in [0.717, 1.165) is 16.7 Å². The van der Waals surface area contributed by atoms with E-state index in [2.05, 4.69) is 15.8 Å². The predicted molar refractivity (Wildman–Crippen MR) is 124 cm³/mol. The van der Waals surface area contributed by atoms with Crippen LogP contribution in [0.25, 0.3) is 0 Å². The molecule has 0 fully saturated rings. The zero-order valence-electron chi connectivity index (χ0n) is 17.2. The molecule has 3 rings (SSSR count). The average Bonchev–Trinajstić information content (AvgIpc) is 2.79. The molecular formula is C25H24ClN3O2. The van der Waals surface area contributed by atoms with Crippen LogP contribution in [0.3, 0.4) is 0 Å². The highest BCUT2D eigenvalue weighted by molar-refractivity contribution is 6.30. The third kappa shape index (κ3) is 6.79. The number of halogens is 1. The summed E-state index contributed by atoms with van der Waals surface area (Å²) in [5.74, 6) is -0.913. The van der Waals surface area contributed by atoms with E-state index in [9.17, 15) is 9.59 Å². The van der Waals surface area contributed by atoms with E-state index in [-0.39, 0.29) is 18.2 Å². The van der Waals surface area contributed by atoms with Gasteiger partial charge in [-0.25, -0.2) is 5.43 Å². The first kappa shape index (κ1) is 22.2. The van der Waals surface area contributed by atoms with Crippen molar-refractivity contribution in [2.24, 2.45) is 5.10 Å². The van der Waals surface area contributed by atoms with Crippen molar-refractivity contribution in [2.45, 2.75) is 25.8 Å². The summed E-state index contributed by atoms with van der Waals surface area (Å²) in [7, 11) is 0. The number of nitrogens with one attached hydrogen (secondary N) is 2. The van der Waals surface area contributed by atoms with Gasteiger partial charge in [0, 0.05) is 17.3 Å². The lowest BCUT2D eigenvalue weighted by Crippen LogP contribution is -2.29. The molecule has 0 atom stereocenters. The molecule has 6 heteroatoms. The first-order valence-corrected chi connectivity index (χ1v) is 10.3. The third-order valence-electron chi connectivity index (χ3n) is 4.70. The second kappa shape index (κ2) is 11.1. The molecule has 0 saturated carbocycles. The summed E-state index contributed by atoms with van der Waals surface area (Å²) in [6.07, 6.45) is 0.0925. The molecular weight excluding hydrogens is 410 g/mol. The van der Waals surface area contributed by atoms with E-state index in [1.807, 2.05) is 72.8 Å². The Morgan fingerprint density at radius 1 is 0.871 bits per heavy atom. The molecule has 31 heavy (non-hydrogen) atoms. The Bertz CT molecular complexity index is 996. The maximum atomic E-state index is 12.9. The lowest BCUT2D eigenvalue weighted by atomic mass is 9.91. The van der Waals surface area contributed by atoms with Gasteiger partial charge in [0.25, 0.3) is 5.91 Å². The van der Waals surface area contributed by atoms with Gasteiger partial charge in [-0.2, -0.15) is 5.10 Å². The van der Waals surface area contributed by atoms with Gasteiger partial charge in [-0.05, 0) is 35.7 Å². The fourth-order valence-corrected chi connectivity index (χ4v) is 3.26. The fraction of sp³-hybridized carbons (Fsp3) is 0.160. The van der Waals surface area contributed by atoms with Gasteiger partial charge in [0.2, 0.25) is 5.91 Å². The second-order valence-electron chi connectivity index (χ2n) is 7.16. The Kier molecular flexibility index (Phi) is 7.96. The highest BCUT2D eigenvalue weighted by Crippen LogP contribution is 2.24. The molecule has 2 N–H and O–H groups in total. The highest BCUT2D eigenvalue weighted by Gasteiger charge is 2.22. The largest absolute Gasteiger partial charge is 0.352 e. The van der Waals surface area contributed by atoms with Crippen LogP contribution in [-0.2, 0) is 16.1 Å². The van der Waals surface area contributed by atoms with E-state index in [0.29, 0.717) is 17.3 Å². The molecule has 0 bridgehead atoms. The van der Waals surface area contributed by atoms with Gasteiger partial charge in [0.1, 0.15) is 0 Å². The molecule has 0 aromatic heterocycles. The first-order chi connectivity index (χ1) is 15.0. The van der Waals surface area contributed by atoms with Gasteiger partial charge in [0.05, 0.1) is 12.3 Å². The Labute approximate surface area is 187 Å². The SMILES string of the molecule is CC(CC(=O)NCc1ccc(Cl)cc1)=NNC(=O)C(c1ccccc1)c1ccccc1. The van der Waals surface area contributed by atoms with Crippen molar-refractivity contribution in [3.05, 3.63) is 107 Å². The number of carbonyl (C=O) groups excluding carboxylic acids is 2. The summed E-state index contributed by atoms with van der Waals surface area (Å²) in [5, 5.41) is 7.63. The summed E-state index contributed by atoms with van der Waals surface area (Å²) < 4.78 is 0. The highest BCUT2D eigenvalue weighted by atomic mass is 35.5. The number of rotatable bonds is 8. The number of hydrogen-bond donors (Lipinski definition) is 2. The molecule has 5 nitrogen and oxygen atoms in total. The smallest absolute Gasteiger partial charge is 0.252 e. The maximum Gasteiger partial charge on any atom is 0.252 e. The lowest BCUT2D eigenvalue weighted by Gasteiger charge is -2.16. The molecule has 158 valence electrons. The molecule has 0 unspecified atom stereocenters. The molecule has 3 aromatic carbocycles.